The Kier molecular flexibility index (Phi) is 12.2. The van der Waals surface area contributed by atoms with Gasteiger partial charge in [-0.15, -0.1) is 0 Å². The Hall–Kier alpha value is -0.240. The summed E-state index contributed by atoms with van der Waals surface area (Å²) in [7, 11) is 4.11. The second kappa shape index (κ2) is 12.3. The summed E-state index contributed by atoms with van der Waals surface area (Å²) < 4.78 is 0. The predicted molar refractivity (Wildman–Crippen MR) is 97.9 cm³/mol. The van der Waals surface area contributed by atoms with E-state index in [4.69, 9.17) is 23.2 Å². The Morgan fingerprint density at radius 3 is 1.95 bits per heavy atom. The van der Waals surface area contributed by atoms with Gasteiger partial charge < -0.3 is 4.90 Å². The zero-order valence-corrected chi connectivity index (χ0v) is 15.8. The number of nitrogens with zero attached hydrogens (tertiary/aromatic N) is 1. The van der Waals surface area contributed by atoms with Crippen molar-refractivity contribution in [1.82, 2.24) is 4.90 Å². The molecule has 1 aromatic rings. The third kappa shape index (κ3) is 8.70. The van der Waals surface area contributed by atoms with Crippen LogP contribution >= 0.6 is 23.2 Å². The molecule has 0 radical (unpaired) electrons. The highest BCUT2D eigenvalue weighted by atomic mass is 35.5. The molecule has 0 aliphatic heterocycles. The molecule has 0 atom stereocenters. The molecule has 0 N–H and O–H groups in total. The van der Waals surface area contributed by atoms with Crippen LogP contribution in [0.4, 0.5) is 0 Å². The SMILES string of the molecule is CC.CCN(C)C.Clc1ccc(C2CCCCC2)cc1Cl. The smallest absolute Gasteiger partial charge is 0.0595 e. The van der Waals surface area contributed by atoms with Crippen molar-refractivity contribution in [1.29, 1.82) is 0 Å². The first-order valence-corrected chi connectivity index (χ1v) is 8.89. The maximum Gasteiger partial charge on any atom is 0.0595 e. The minimum absolute atomic E-state index is 0.659. The van der Waals surface area contributed by atoms with E-state index in [-0.39, 0.29) is 0 Å². The van der Waals surface area contributed by atoms with E-state index in [0.29, 0.717) is 16.0 Å². The molecule has 0 saturated heterocycles. The molecule has 1 nitrogen and oxygen atoms in total. The quantitative estimate of drug-likeness (QED) is 0.587. The van der Waals surface area contributed by atoms with Gasteiger partial charge in [-0.25, -0.2) is 0 Å². The molecule has 0 amide bonds. The summed E-state index contributed by atoms with van der Waals surface area (Å²) in [5, 5.41) is 1.35. The van der Waals surface area contributed by atoms with Gasteiger partial charge in [0.05, 0.1) is 10.0 Å². The van der Waals surface area contributed by atoms with E-state index in [1.54, 1.807) is 0 Å². The summed E-state index contributed by atoms with van der Waals surface area (Å²) in [5.41, 5.74) is 1.36. The van der Waals surface area contributed by atoms with Crippen LogP contribution in [0, 0.1) is 0 Å². The van der Waals surface area contributed by atoms with Crippen LogP contribution < -0.4 is 0 Å². The van der Waals surface area contributed by atoms with Gasteiger partial charge >= 0.3 is 0 Å². The molecule has 2 rings (SSSR count). The second-order valence-electron chi connectivity index (χ2n) is 5.40. The van der Waals surface area contributed by atoms with Crippen LogP contribution in [0.2, 0.25) is 10.0 Å². The van der Waals surface area contributed by atoms with Crippen LogP contribution in [0.5, 0.6) is 0 Å². The maximum absolute atomic E-state index is 6.00. The molecule has 0 heterocycles. The van der Waals surface area contributed by atoms with Crippen molar-refractivity contribution >= 4 is 23.2 Å². The van der Waals surface area contributed by atoms with Crippen molar-refractivity contribution in [2.75, 3.05) is 20.6 Å². The standard InChI is InChI=1S/C12H14Cl2.C4H11N.C2H6/c13-11-7-6-10(8-12(11)14)9-4-2-1-3-5-9;1-4-5(2)3;1-2/h6-9H,1-5H2;4H2,1-3H3;1-2H3. The molecule has 0 bridgehead atoms. The van der Waals surface area contributed by atoms with Crippen molar-refractivity contribution < 1.29 is 0 Å². The van der Waals surface area contributed by atoms with Gasteiger partial charge in [-0.3, -0.25) is 0 Å². The molecule has 1 saturated carbocycles. The fourth-order valence-corrected chi connectivity index (χ4v) is 2.51. The van der Waals surface area contributed by atoms with E-state index in [2.05, 4.69) is 32.0 Å². The highest BCUT2D eigenvalue weighted by Gasteiger charge is 2.15. The summed E-state index contributed by atoms with van der Waals surface area (Å²) in [4.78, 5) is 2.12. The number of hydrogen-bond donors (Lipinski definition) is 0. The number of rotatable bonds is 2. The first-order chi connectivity index (χ1) is 10.0. The predicted octanol–water partition coefficient (Wildman–Crippen LogP) is 6.64. The van der Waals surface area contributed by atoms with E-state index in [9.17, 15) is 0 Å². The summed E-state index contributed by atoms with van der Waals surface area (Å²) in [6.07, 6.45) is 6.70. The fourth-order valence-electron chi connectivity index (χ4n) is 2.20. The maximum atomic E-state index is 6.00. The average Bonchev–Trinajstić information content (AvgIpc) is 2.53. The lowest BCUT2D eigenvalue weighted by atomic mass is 9.84. The molecule has 0 spiro atoms. The number of hydrogen-bond acceptors (Lipinski definition) is 1. The van der Waals surface area contributed by atoms with Gasteiger partial charge in [-0.1, -0.05) is 69.3 Å². The second-order valence-corrected chi connectivity index (χ2v) is 6.22. The molecule has 1 fully saturated rings. The first-order valence-electron chi connectivity index (χ1n) is 8.14. The van der Waals surface area contributed by atoms with Crippen LogP contribution in [-0.4, -0.2) is 25.5 Å². The summed E-state index contributed by atoms with van der Waals surface area (Å²) in [6.45, 7) is 7.26. The highest BCUT2D eigenvalue weighted by molar-refractivity contribution is 6.42. The molecule has 122 valence electrons. The van der Waals surface area contributed by atoms with Crippen molar-refractivity contribution in [2.24, 2.45) is 0 Å². The van der Waals surface area contributed by atoms with Crippen molar-refractivity contribution in [2.45, 2.75) is 58.8 Å². The molecule has 21 heavy (non-hydrogen) atoms. The van der Waals surface area contributed by atoms with Gasteiger partial charge in [0.2, 0.25) is 0 Å². The van der Waals surface area contributed by atoms with Crippen molar-refractivity contribution in [3.63, 3.8) is 0 Å². The van der Waals surface area contributed by atoms with Crippen LogP contribution in [0.3, 0.4) is 0 Å². The van der Waals surface area contributed by atoms with E-state index in [0.717, 1.165) is 6.54 Å². The monoisotopic (exact) mass is 331 g/mol. The fraction of sp³-hybridized carbons (Fsp3) is 0.667. The van der Waals surface area contributed by atoms with Crippen molar-refractivity contribution in [3.05, 3.63) is 33.8 Å². The van der Waals surface area contributed by atoms with E-state index >= 15 is 0 Å². The van der Waals surface area contributed by atoms with Gasteiger partial charge in [0.25, 0.3) is 0 Å². The lowest BCUT2D eigenvalue weighted by molar-refractivity contribution is 0.434. The third-order valence-corrected chi connectivity index (χ3v) is 4.39. The normalized spacial score (nSPS) is 14.9. The highest BCUT2D eigenvalue weighted by Crippen LogP contribution is 2.35. The zero-order valence-electron chi connectivity index (χ0n) is 14.3. The minimum atomic E-state index is 0.659. The van der Waals surface area contributed by atoms with Crippen LogP contribution in [0.25, 0.3) is 0 Å². The van der Waals surface area contributed by atoms with Gasteiger partial charge in [0.15, 0.2) is 0 Å². The van der Waals surface area contributed by atoms with Gasteiger partial charge in [0, 0.05) is 0 Å². The summed E-state index contributed by atoms with van der Waals surface area (Å²) in [5.74, 6) is 0.707. The minimum Gasteiger partial charge on any atom is -0.310 e. The first kappa shape index (κ1) is 20.8. The molecular formula is C18H31Cl2N. The molecule has 1 aromatic carbocycles. The Morgan fingerprint density at radius 2 is 1.52 bits per heavy atom. The Balaban J connectivity index is 0.000000489. The Labute approximate surface area is 141 Å². The Morgan fingerprint density at radius 1 is 1.00 bits per heavy atom. The largest absolute Gasteiger partial charge is 0.310 e. The molecule has 3 heteroatoms. The molecule has 0 unspecified atom stereocenters. The zero-order chi connectivity index (χ0) is 16.3. The lowest BCUT2D eigenvalue weighted by Crippen LogP contribution is -2.08. The van der Waals surface area contributed by atoms with Gasteiger partial charge in [0.1, 0.15) is 0 Å². The molecular weight excluding hydrogens is 301 g/mol. The molecule has 1 aliphatic carbocycles. The van der Waals surface area contributed by atoms with Gasteiger partial charge in [-0.2, -0.15) is 0 Å². The molecule has 0 aromatic heterocycles. The summed E-state index contributed by atoms with van der Waals surface area (Å²) >= 11 is 11.9. The number of benzene rings is 1. The van der Waals surface area contributed by atoms with Crippen LogP contribution in [0.15, 0.2) is 18.2 Å². The average molecular weight is 332 g/mol. The van der Waals surface area contributed by atoms with E-state index in [1.165, 1.54) is 37.7 Å². The van der Waals surface area contributed by atoms with Crippen LogP contribution in [0.1, 0.15) is 64.4 Å². The van der Waals surface area contributed by atoms with Crippen LogP contribution in [-0.2, 0) is 0 Å². The van der Waals surface area contributed by atoms with E-state index < -0.39 is 0 Å². The third-order valence-electron chi connectivity index (χ3n) is 3.65. The molecule has 1 aliphatic rings. The summed E-state index contributed by atoms with van der Waals surface area (Å²) in [6, 6.07) is 6.05. The van der Waals surface area contributed by atoms with Gasteiger partial charge in [-0.05, 0) is 57.1 Å². The number of halogens is 2. The topological polar surface area (TPSA) is 3.24 Å². The van der Waals surface area contributed by atoms with Crippen molar-refractivity contribution in [3.8, 4) is 0 Å². The Bertz CT molecular complexity index is 371. The lowest BCUT2D eigenvalue weighted by Gasteiger charge is -2.22. The van der Waals surface area contributed by atoms with E-state index in [1.807, 2.05) is 26.0 Å².